The highest BCUT2D eigenvalue weighted by Gasteiger charge is 2.05. The highest BCUT2D eigenvalue weighted by Crippen LogP contribution is 2.37. The number of hydrogen-bond donors (Lipinski definition) is 1. The monoisotopic (exact) mass is 353 g/mol. The predicted octanol–water partition coefficient (Wildman–Crippen LogP) is 3.85. The van der Waals surface area contributed by atoms with E-state index in [0.29, 0.717) is 0 Å². The van der Waals surface area contributed by atoms with Gasteiger partial charge in [0.2, 0.25) is 0 Å². The molecule has 62 valence electrons. The summed E-state index contributed by atoms with van der Waals surface area (Å²) in [7, 11) is 0. The van der Waals surface area contributed by atoms with Crippen LogP contribution in [0.2, 0.25) is 0 Å². The SMILES string of the molecule is Nc1c(Br)sc2cc(I)ccc12. The number of fused-ring (bicyclic) bond motifs is 1. The molecule has 0 saturated heterocycles. The number of anilines is 1. The van der Waals surface area contributed by atoms with Crippen molar-refractivity contribution in [2.45, 2.75) is 0 Å². The van der Waals surface area contributed by atoms with E-state index in [0.717, 1.165) is 14.9 Å². The molecule has 0 aliphatic carbocycles. The lowest BCUT2D eigenvalue weighted by atomic mass is 10.2. The van der Waals surface area contributed by atoms with Crippen LogP contribution in [-0.4, -0.2) is 0 Å². The zero-order chi connectivity index (χ0) is 8.72. The van der Waals surface area contributed by atoms with E-state index in [2.05, 4.69) is 56.7 Å². The van der Waals surface area contributed by atoms with Gasteiger partial charge >= 0.3 is 0 Å². The van der Waals surface area contributed by atoms with Gasteiger partial charge in [-0.2, -0.15) is 0 Å². The fourth-order valence-electron chi connectivity index (χ4n) is 1.06. The average Bonchev–Trinajstić information content (AvgIpc) is 2.28. The fourth-order valence-corrected chi connectivity index (χ4v) is 3.39. The molecule has 0 fully saturated rings. The molecule has 1 heterocycles. The number of benzene rings is 1. The molecule has 0 atom stereocenters. The third-order valence-electron chi connectivity index (χ3n) is 1.65. The molecule has 0 radical (unpaired) electrons. The van der Waals surface area contributed by atoms with E-state index in [1.54, 1.807) is 11.3 Å². The van der Waals surface area contributed by atoms with Crippen LogP contribution in [0.3, 0.4) is 0 Å². The van der Waals surface area contributed by atoms with E-state index in [4.69, 9.17) is 5.73 Å². The van der Waals surface area contributed by atoms with E-state index in [1.165, 1.54) is 8.27 Å². The van der Waals surface area contributed by atoms with Gasteiger partial charge in [0.05, 0.1) is 9.47 Å². The van der Waals surface area contributed by atoms with Gasteiger partial charge in [-0.05, 0) is 50.7 Å². The second-order valence-corrected chi connectivity index (χ2v) is 6.05. The molecule has 0 aliphatic rings. The molecule has 12 heavy (non-hydrogen) atoms. The smallest absolute Gasteiger partial charge is 0.0940 e. The highest BCUT2D eigenvalue weighted by atomic mass is 127. The van der Waals surface area contributed by atoms with Gasteiger partial charge in [-0.15, -0.1) is 11.3 Å². The van der Waals surface area contributed by atoms with E-state index in [-0.39, 0.29) is 0 Å². The maximum Gasteiger partial charge on any atom is 0.0940 e. The van der Waals surface area contributed by atoms with Gasteiger partial charge < -0.3 is 5.73 Å². The molecular formula is C8H5BrINS. The van der Waals surface area contributed by atoms with Crippen LogP contribution in [0.25, 0.3) is 10.1 Å². The third-order valence-corrected chi connectivity index (χ3v) is 4.19. The Morgan fingerprint density at radius 2 is 2.17 bits per heavy atom. The lowest BCUT2D eigenvalue weighted by molar-refractivity contribution is 1.75. The Morgan fingerprint density at radius 1 is 1.42 bits per heavy atom. The fraction of sp³-hybridized carbons (Fsp3) is 0. The van der Waals surface area contributed by atoms with Gasteiger partial charge in [0.25, 0.3) is 0 Å². The van der Waals surface area contributed by atoms with Crippen LogP contribution in [0.5, 0.6) is 0 Å². The van der Waals surface area contributed by atoms with Gasteiger partial charge in [0.1, 0.15) is 0 Å². The normalized spacial score (nSPS) is 10.8. The van der Waals surface area contributed by atoms with Crippen molar-refractivity contribution in [2.24, 2.45) is 0 Å². The molecule has 0 saturated carbocycles. The second-order valence-electron chi connectivity index (χ2n) is 2.43. The van der Waals surface area contributed by atoms with Crippen molar-refractivity contribution in [1.29, 1.82) is 0 Å². The van der Waals surface area contributed by atoms with Crippen LogP contribution in [0.15, 0.2) is 22.0 Å². The van der Waals surface area contributed by atoms with Crippen LogP contribution in [0.1, 0.15) is 0 Å². The van der Waals surface area contributed by atoms with Crippen molar-refractivity contribution in [3.05, 3.63) is 25.6 Å². The van der Waals surface area contributed by atoms with Crippen LogP contribution in [0, 0.1) is 3.57 Å². The first-order chi connectivity index (χ1) is 5.68. The van der Waals surface area contributed by atoms with Crippen LogP contribution < -0.4 is 5.73 Å². The molecular weight excluding hydrogens is 349 g/mol. The first-order valence-electron chi connectivity index (χ1n) is 3.31. The summed E-state index contributed by atoms with van der Waals surface area (Å²) < 4.78 is 3.51. The van der Waals surface area contributed by atoms with Gasteiger partial charge in [-0.1, -0.05) is 6.07 Å². The third kappa shape index (κ3) is 1.36. The summed E-state index contributed by atoms with van der Waals surface area (Å²) >= 11 is 7.40. The largest absolute Gasteiger partial charge is 0.397 e. The Morgan fingerprint density at radius 3 is 2.92 bits per heavy atom. The lowest BCUT2D eigenvalue weighted by Gasteiger charge is -1.91. The van der Waals surface area contributed by atoms with Gasteiger partial charge in [0.15, 0.2) is 0 Å². The first kappa shape index (κ1) is 8.77. The summed E-state index contributed by atoms with van der Waals surface area (Å²) in [5.41, 5.74) is 6.70. The molecule has 0 spiro atoms. The molecule has 1 aromatic heterocycles. The lowest BCUT2D eigenvalue weighted by Crippen LogP contribution is -1.81. The van der Waals surface area contributed by atoms with E-state index in [9.17, 15) is 0 Å². The topological polar surface area (TPSA) is 26.0 Å². The summed E-state index contributed by atoms with van der Waals surface area (Å²) in [4.78, 5) is 0. The van der Waals surface area contributed by atoms with E-state index in [1.807, 2.05) is 0 Å². The standard InChI is InChI=1S/C8H5BrINS/c9-8-7(11)5-2-1-4(10)3-6(5)12-8/h1-3H,11H2. The Balaban J connectivity index is 2.87. The Kier molecular flexibility index (Phi) is 2.31. The quantitative estimate of drug-likeness (QED) is 0.715. The van der Waals surface area contributed by atoms with Crippen molar-refractivity contribution in [2.75, 3.05) is 5.73 Å². The van der Waals surface area contributed by atoms with E-state index < -0.39 is 0 Å². The Hall–Kier alpha value is 0.190. The molecule has 1 aromatic carbocycles. The number of nitrogen functional groups attached to an aromatic ring is 1. The maximum atomic E-state index is 5.85. The number of thiophene rings is 1. The molecule has 2 aromatic rings. The molecule has 0 bridgehead atoms. The maximum absolute atomic E-state index is 5.85. The summed E-state index contributed by atoms with van der Waals surface area (Å²) in [6.07, 6.45) is 0. The van der Waals surface area contributed by atoms with Gasteiger partial charge in [-0.25, -0.2) is 0 Å². The number of rotatable bonds is 0. The molecule has 4 heteroatoms. The Labute approximate surface area is 96.2 Å². The van der Waals surface area contributed by atoms with Crippen LogP contribution in [0.4, 0.5) is 5.69 Å². The number of halogens is 2. The summed E-state index contributed by atoms with van der Waals surface area (Å²) in [6, 6.07) is 6.27. The second kappa shape index (κ2) is 3.16. The molecule has 2 rings (SSSR count). The Bertz CT molecular complexity index is 438. The van der Waals surface area contributed by atoms with Crippen molar-refractivity contribution < 1.29 is 0 Å². The van der Waals surface area contributed by atoms with Gasteiger partial charge in [-0.3, -0.25) is 0 Å². The van der Waals surface area contributed by atoms with Crippen LogP contribution >= 0.6 is 49.9 Å². The molecule has 0 aliphatic heterocycles. The van der Waals surface area contributed by atoms with Crippen molar-refractivity contribution in [3.63, 3.8) is 0 Å². The minimum absolute atomic E-state index is 0.853. The van der Waals surface area contributed by atoms with Crippen LogP contribution in [-0.2, 0) is 0 Å². The summed E-state index contributed by atoms with van der Waals surface area (Å²) in [5.74, 6) is 0. The average molecular weight is 354 g/mol. The first-order valence-corrected chi connectivity index (χ1v) is 6.00. The van der Waals surface area contributed by atoms with Crippen molar-refractivity contribution in [3.8, 4) is 0 Å². The van der Waals surface area contributed by atoms with Gasteiger partial charge in [0, 0.05) is 13.7 Å². The molecule has 2 N–H and O–H groups in total. The summed E-state index contributed by atoms with van der Waals surface area (Å²) in [6.45, 7) is 0. The number of hydrogen-bond acceptors (Lipinski definition) is 2. The zero-order valence-corrected chi connectivity index (χ0v) is 10.5. The predicted molar refractivity (Wildman–Crippen MR) is 66.7 cm³/mol. The van der Waals surface area contributed by atoms with E-state index >= 15 is 0 Å². The molecule has 0 amide bonds. The van der Waals surface area contributed by atoms with Crippen molar-refractivity contribution in [1.82, 2.24) is 0 Å². The number of nitrogens with two attached hydrogens (primary N) is 1. The highest BCUT2D eigenvalue weighted by molar-refractivity contribution is 14.1. The molecule has 1 nitrogen and oxygen atoms in total. The zero-order valence-electron chi connectivity index (χ0n) is 5.97. The minimum atomic E-state index is 0.853. The molecule has 0 unspecified atom stereocenters. The minimum Gasteiger partial charge on any atom is -0.397 e. The van der Waals surface area contributed by atoms with Crippen molar-refractivity contribution >= 4 is 65.6 Å². The summed E-state index contributed by atoms with van der Waals surface area (Å²) in [5, 5.41) is 1.15.